The van der Waals surface area contributed by atoms with Gasteiger partial charge < -0.3 is 9.57 Å². The number of aryl methyl sites for hydroxylation is 1. The Hall–Kier alpha value is -2.41. The quantitative estimate of drug-likeness (QED) is 0.537. The van der Waals surface area contributed by atoms with Gasteiger partial charge >= 0.3 is 18.1 Å². The molecule has 1 aromatic rings. The van der Waals surface area contributed by atoms with Crippen molar-refractivity contribution in [2.45, 2.75) is 51.1 Å². The zero-order chi connectivity index (χ0) is 23.0. The van der Waals surface area contributed by atoms with Gasteiger partial charge in [-0.25, -0.2) is 9.48 Å². The molecule has 1 unspecified atom stereocenters. The highest BCUT2D eigenvalue weighted by molar-refractivity contribution is 8.14. The number of aromatic nitrogens is 3. The van der Waals surface area contributed by atoms with E-state index in [9.17, 15) is 27.6 Å². The van der Waals surface area contributed by atoms with Crippen molar-refractivity contribution in [3.05, 3.63) is 17.5 Å². The summed E-state index contributed by atoms with van der Waals surface area (Å²) in [4.78, 5) is 38.7. The minimum Gasteiger partial charge on any atom is -0.466 e. The lowest BCUT2D eigenvalue weighted by Crippen LogP contribution is -2.41. The van der Waals surface area contributed by atoms with Crippen molar-refractivity contribution >= 4 is 34.9 Å². The molecule has 2 rings (SSSR count). The largest absolute Gasteiger partial charge is 0.492 e. The molecule has 0 bridgehead atoms. The highest BCUT2D eigenvalue weighted by Crippen LogP contribution is 2.31. The van der Waals surface area contributed by atoms with E-state index < -0.39 is 12.1 Å². The average Bonchev–Trinajstić information content (AvgIpc) is 3.10. The molecule has 1 fully saturated rings. The molecule has 0 aromatic carbocycles. The third-order valence-corrected chi connectivity index (χ3v) is 5.36. The van der Waals surface area contributed by atoms with Crippen LogP contribution in [0.4, 0.5) is 13.2 Å². The second-order valence-electron chi connectivity index (χ2n) is 6.64. The topological polar surface area (TPSA) is 104 Å². The Morgan fingerprint density at radius 2 is 2.10 bits per heavy atom. The van der Waals surface area contributed by atoms with Gasteiger partial charge in [-0.1, -0.05) is 17.0 Å². The minimum atomic E-state index is -5.10. The molecule has 31 heavy (non-hydrogen) atoms. The van der Waals surface area contributed by atoms with Crippen molar-refractivity contribution in [2.75, 3.05) is 19.7 Å². The predicted molar refractivity (Wildman–Crippen MR) is 104 cm³/mol. The molecule has 1 atom stereocenters. The van der Waals surface area contributed by atoms with Gasteiger partial charge in [0.15, 0.2) is 5.12 Å². The summed E-state index contributed by atoms with van der Waals surface area (Å²) in [5, 5.41) is 8.29. The molecule has 0 aliphatic carbocycles. The van der Waals surface area contributed by atoms with Crippen LogP contribution in [0.25, 0.3) is 6.08 Å². The van der Waals surface area contributed by atoms with E-state index in [1.54, 1.807) is 17.7 Å². The maximum Gasteiger partial charge on any atom is 0.492 e. The summed E-state index contributed by atoms with van der Waals surface area (Å²) in [7, 11) is 0. The van der Waals surface area contributed by atoms with Crippen LogP contribution in [0.3, 0.4) is 0 Å². The van der Waals surface area contributed by atoms with Gasteiger partial charge in [0.2, 0.25) is 0 Å². The predicted octanol–water partition coefficient (Wildman–Crippen LogP) is 2.38. The van der Waals surface area contributed by atoms with Crippen LogP contribution >= 0.6 is 11.8 Å². The van der Waals surface area contributed by atoms with Gasteiger partial charge in [0.25, 0.3) is 0 Å². The molecule has 9 nitrogen and oxygen atoms in total. The first kappa shape index (κ1) is 24.9. The highest BCUT2D eigenvalue weighted by Gasteiger charge is 2.43. The van der Waals surface area contributed by atoms with Gasteiger partial charge in [-0.2, -0.15) is 13.2 Å². The summed E-state index contributed by atoms with van der Waals surface area (Å²) in [6.07, 6.45) is -0.999. The second kappa shape index (κ2) is 11.3. The van der Waals surface area contributed by atoms with E-state index in [2.05, 4.69) is 15.1 Å². The van der Waals surface area contributed by atoms with Gasteiger partial charge in [0.05, 0.1) is 25.0 Å². The zero-order valence-electron chi connectivity index (χ0n) is 17.1. The number of esters is 1. The summed E-state index contributed by atoms with van der Waals surface area (Å²) < 4.78 is 44.0. The number of hydrogen-bond donors (Lipinski definition) is 0. The normalized spacial score (nSPS) is 18.7. The number of rotatable bonds is 8. The molecule has 1 saturated heterocycles. The molecule has 1 aromatic heterocycles. The Labute approximate surface area is 180 Å². The first-order chi connectivity index (χ1) is 14.6. The fourth-order valence-electron chi connectivity index (χ4n) is 2.90. The number of nitrogens with zero attached hydrogens (tertiary/aromatic N) is 4. The molecular formula is C18H23F3N4O5S. The van der Waals surface area contributed by atoms with Crippen LogP contribution in [0.2, 0.25) is 0 Å². The van der Waals surface area contributed by atoms with E-state index in [4.69, 9.17) is 4.74 Å². The van der Waals surface area contributed by atoms with E-state index in [1.165, 1.54) is 13.1 Å². The number of hydrogen-bond acceptors (Lipinski definition) is 9. The maximum absolute atomic E-state index is 12.5. The van der Waals surface area contributed by atoms with Gasteiger partial charge in [-0.15, -0.1) is 10.2 Å². The first-order valence-electron chi connectivity index (χ1n) is 9.56. The smallest absolute Gasteiger partial charge is 0.466 e. The monoisotopic (exact) mass is 464 g/mol. The molecule has 13 heteroatoms. The summed E-state index contributed by atoms with van der Waals surface area (Å²) in [6.45, 7) is 3.75. The number of alkyl halides is 3. The van der Waals surface area contributed by atoms with E-state index >= 15 is 0 Å². The molecule has 172 valence electrons. The van der Waals surface area contributed by atoms with Crippen LogP contribution in [0.15, 0.2) is 11.8 Å². The Bertz CT molecular complexity index is 827. The minimum absolute atomic E-state index is 0.0567. The van der Waals surface area contributed by atoms with Crippen LogP contribution in [-0.2, 0) is 30.5 Å². The zero-order valence-corrected chi connectivity index (χ0v) is 17.9. The van der Waals surface area contributed by atoms with Gasteiger partial charge in [-0.3, -0.25) is 9.59 Å². The van der Waals surface area contributed by atoms with Crippen molar-refractivity contribution in [2.24, 2.45) is 0 Å². The molecule has 1 aliphatic rings. The van der Waals surface area contributed by atoms with Crippen LogP contribution in [0, 0.1) is 0 Å². The number of piperidine rings is 1. The SMILES string of the molecule is CCOC(=O)CCCn1nncc1/C=C1\CN(OC(=O)C(F)(F)F)CCC1SC(C)=O. The molecule has 1 aliphatic heterocycles. The lowest BCUT2D eigenvalue weighted by Gasteiger charge is -2.32. The summed E-state index contributed by atoms with van der Waals surface area (Å²) in [5.41, 5.74) is 1.15. The van der Waals surface area contributed by atoms with Gasteiger partial charge in [-0.05, 0) is 31.4 Å². The van der Waals surface area contributed by atoms with Crippen molar-refractivity contribution in [1.82, 2.24) is 20.1 Å². The molecule has 0 N–H and O–H groups in total. The van der Waals surface area contributed by atoms with Crippen molar-refractivity contribution in [1.29, 1.82) is 0 Å². The molecular weight excluding hydrogens is 441 g/mol. The number of carbonyl (C=O) groups excluding carboxylic acids is 3. The number of thioether (sulfide) groups is 1. The van der Waals surface area contributed by atoms with Gasteiger partial charge in [0, 0.05) is 31.7 Å². The molecule has 0 radical (unpaired) electrons. The highest BCUT2D eigenvalue weighted by atomic mass is 32.2. The maximum atomic E-state index is 12.5. The van der Waals surface area contributed by atoms with Crippen molar-refractivity contribution < 1.29 is 37.1 Å². The molecule has 0 amide bonds. The number of ether oxygens (including phenoxy) is 1. The third-order valence-electron chi connectivity index (χ3n) is 4.20. The van der Waals surface area contributed by atoms with E-state index in [0.29, 0.717) is 37.3 Å². The van der Waals surface area contributed by atoms with Crippen molar-refractivity contribution in [3.63, 3.8) is 0 Å². The standard InChI is InChI=1S/C18H23F3N4O5S/c1-3-29-16(27)5-4-7-25-14(10-22-23-25)9-13-11-24(30-17(28)18(19,20)21)8-6-15(13)31-12(2)26/h9-10,15H,3-8,11H2,1-2H3/b13-9+. The fourth-order valence-corrected chi connectivity index (χ4v) is 3.82. The van der Waals surface area contributed by atoms with E-state index in [-0.39, 0.29) is 35.8 Å². The van der Waals surface area contributed by atoms with E-state index in [1.807, 2.05) is 0 Å². The molecule has 0 spiro atoms. The lowest BCUT2D eigenvalue weighted by molar-refractivity contribution is -0.238. The number of hydroxylamine groups is 2. The number of halogens is 3. The Morgan fingerprint density at radius 3 is 2.74 bits per heavy atom. The van der Waals surface area contributed by atoms with Crippen LogP contribution in [0.5, 0.6) is 0 Å². The Kier molecular flexibility index (Phi) is 9.04. The summed E-state index contributed by atoms with van der Waals surface area (Å²) in [5.74, 6) is -2.62. The molecule has 2 heterocycles. The summed E-state index contributed by atoms with van der Waals surface area (Å²) >= 11 is 1.06. The molecule has 0 saturated carbocycles. The van der Waals surface area contributed by atoms with E-state index in [0.717, 1.165) is 16.8 Å². The average molecular weight is 464 g/mol. The van der Waals surface area contributed by atoms with Crippen LogP contribution in [-0.4, -0.2) is 68.2 Å². The Morgan fingerprint density at radius 1 is 1.35 bits per heavy atom. The number of carbonyl (C=O) groups is 3. The lowest BCUT2D eigenvalue weighted by atomic mass is 10.0. The third kappa shape index (κ3) is 7.98. The first-order valence-corrected chi connectivity index (χ1v) is 10.4. The van der Waals surface area contributed by atoms with Crippen molar-refractivity contribution in [3.8, 4) is 0 Å². The Balaban J connectivity index is 2.13. The summed E-state index contributed by atoms with van der Waals surface area (Å²) in [6, 6.07) is 0. The fraction of sp³-hybridized carbons (Fsp3) is 0.611. The van der Waals surface area contributed by atoms with Crippen LogP contribution in [0.1, 0.15) is 38.8 Å². The van der Waals surface area contributed by atoms with Gasteiger partial charge in [0.1, 0.15) is 0 Å². The second-order valence-corrected chi connectivity index (χ2v) is 8.02. The van der Waals surface area contributed by atoms with Crippen LogP contribution < -0.4 is 0 Å².